The molecular formula is C24H38N6O. The van der Waals surface area contributed by atoms with E-state index in [1.807, 2.05) is 11.6 Å². The molecule has 170 valence electrons. The van der Waals surface area contributed by atoms with Crippen molar-refractivity contribution in [2.24, 2.45) is 0 Å². The van der Waals surface area contributed by atoms with Gasteiger partial charge in [-0.15, -0.1) is 5.10 Å². The minimum Gasteiger partial charge on any atom is -0.494 e. The van der Waals surface area contributed by atoms with Crippen LogP contribution >= 0.6 is 0 Å². The van der Waals surface area contributed by atoms with Crippen LogP contribution in [0.5, 0.6) is 5.75 Å². The maximum atomic E-state index is 5.67. The average molecular weight is 427 g/mol. The van der Waals surface area contributed by atoms with Gasteiger partial charge in [0.05, 0.1) is 18.2 Å². The number of nitrogens with zero attached hydrogens (tertiary/aromatic N) is 6. The summed E-state index contributed by atoms with van der Waals surface area (Å²) >= 11 is 0. The highest BCUT2D eigenvalue weighted by atomic mass is 16.5. The summed E-state index contributed by atoms with van der Waals surface area (Å²) in [4.78, 5) is 5.28. The molecule has 7 heteroatoms. The molecule has 1 aromatic carbocycles. The molecule has 7 nitrogen and oxygen atoms in total. The number of hydrogen-bond acceptors (Lipinski definition) is 6. The third kappa shape index (κ3) is 5.09. The lowest BCUT2D eigenvalue weighted by Gasteiger charge is -2.43. The second kappa shape index (κ2) is 9.65. The first-order valence-corrected chi connectivity index (χ1v) is 12.0. The largest absolute Gasteiger partial charge is 0.494 e. The fraction of sp³-hybridized carbons (Fsp3) is 0.708. The summed E-state index contributed by atoms with van der Waals surface area (Å²) in [6.45, 7) is 13.5. The molecule has 31 heavy (non-hydrogen) atoms. The van der Waals surface area contributed by atoms with Gasteiger partial charge in [-0.05, 0) is 68.7 Å². The van der Waals surface area contributed by atoms with E-state index in [9.17, 15) is 0 Å². The standard InChI is InChI=1S/C24H38N6O/c1-5-31-21-13-11-19(12-14-21)22(23-25-26-27-30(23)24(2,3)4)29-17-15-28(16-18-29)20-9-7-6-8-10-20/h11-14,20,22H,5-10,15-18H2,1-4H3/t22-/m1/s1. The molecule has 0 spiro atoms. The number of hydrogen-bond donors (Lipinski definition) is 0. The van der Waals surface area contributed by atoms with Crippen molar-refractivity contribution >= 4 is 0 Å². The normalized spacial score (nSPS) is 20.6. The Morgan fingerprint density at radius 2 is 1.68 bits per heavy atom. The van der Waals surface area contributed by atoms with Crippen LogP contribution in [0.3, 0.4) is 0 Å². The van der Waals surface area contributed by atoms with Gasteiger partial charge in [-0.2, -0.15) is 0 Å². The Labute approximate surface area is 186 Å². The minimum atomic E-state index is -0.174. The van der Waals surface area contributed by atoms with Gasteiger partial charge in [0.2, 0.25) is 0 Å². The summed E-state index contributed by atoms with van der Waals surface area (Å²) in [5.74, 6) is 1.82. The molecule has 2 fully saturated rings. The van der Waals surface area contributed by atoms with Gasteiger partial charge in [0.15, 0.2) is 5.82 Å². The molecule has 0 amide bonds. The van der Waals surface area contributed by atoms with Gasteiger partial charge in [0.1, 0.15) is 5.75 Å². The van der Waals surface area contributed by atoms with E-state index in [0.29, 0.717) is 6.61 Å². The zero-order valence-corrected chi connectivity index (χ0v) is 19.6. The number of benzene rings is 1. The zero-order valence-electron chi connectivity index (χ0n) is 19.6. The third-order valence-corrected chi connectivity index (χ3v) is 6.69. The summed E-state index contributed by atoms with van der Waals surface area (Å²) in [5.41, 5.74) is 1.04. The Bertz CT molecular complexity index is 813. The summed E-state index contributed by atoms with van der Waals surface area (Å²) in [6, 6.07) is 9.29. The molecule has 1 aromatic heterocycles. The third-order valence-electron chi connectivity index (χ3n) is 6.69. The van der Waals surface area contributed by atoms with Crippen LogP contribution in [0.15, 0.2) is 24.3 Å². The molecule has 1 atom stereocenters. The molecule has 2 aromatic rings. The number of ether oxygens (including phenoxy) is 1. The van der Waals surface area contributed by atoms with Crippen LogP contribution in [-0.2, 0) is 5.54 Å². The van der Waals surface area contributed by atoms with E-state index in [1.54, 1.807) is 0 Å². The summed E-state index contributed by atoms with van der Waals surface area (Å²) < 4.78 is 7.66. The van der Waals surface area contributed by atoms with E-state index in [0.717, 1.165) is 43.8 Å². The Kier molecular flexibility index (Phi) is 6.92. The molecular weight excluding hydrogens is 388 g/mol. The topological polar surface area (TPSA) is 59.3 Å². The van der Waals surface area contributed by atoms with Crippen molar-refractivity contribution < 1.29 is 4.74 Å². The number of aromatic nitrogens is 4. The molecule has 1 saturated carbocycles. The van der Waals surface area contributed by atoms with E-state index in [-0.39, 0.29) is 11.6 Å². The van der Waals surface area contributed by atoms with Gasteiger partial charge in [-0.1, -0.05) is 31.4 Å². The van der Waals surface area contributed by atoms with Crippen molar-refractivity contribution in [1.29, 1.82) is 0 Å². The highest BCUT2D eigenvalue weighted by Gasteiger charge is 2.34. The van der Waals surface area contributed by atoms with Crippen LogP contribution < -0.4 is 4.74 Å². The summed E-state index contributed by atoms with van der Waals surface area (Å²) in [5, 5.41) is 12.9. The summed E-state index contributed by atoms with van der Waals surface area (Å²) in [7, 11) is 0. The lowest BCUT2D eigenvalue weighted by atomic mass is 9.93. The van der Waals surface area contributed by atoms with E-state index in [4.69, 9.17) is 4.74 Å². The van der Waals surface area contributed by atoms with Crippen LogP contribution in [-0.4, -0.2) is 68.8 Å². The SMILES string of the molecule is CCOc1ccc([C@H](c2nnnn2C(C)(C)C)N2CCN(C3CCCCC3)CC2)cc1. The van der Waals surface area contributed by atoms with Gasteiger partial charge in [0.25, 0.3) is 0 Å². The van der Waals surface area contributed by atoms with Crippen molar-refractivity contribution in [1.82, 2.24) is 30.0 Å². The quantitative estimate of drug-likeness (QED) is 0.699. The predicted octanol–water partition coefficient (Wildman–Crippen LogP) is 3.87. The van der Waals surface area contributed by atoms with Crippen molar-refractivity contribution in [3.05, 3.63) is 35.7 Å². The molecule has 1 saturated heterocycles. The van der Waals surface area contributed by atoms with Crippen molar-refractivity contribution in [3.8, 4) is 5.75 Å². The fourth-order valence-corrected chi connectivity index (χ4v) is 5.09. The number of tetrazole rings is 1. The molecule has 1 aliphatic heterocycles. The van der Waals surface area contributed by atoms with Crippen LogP contribution in [0.4, 0.5) is 0 Å². The van der Waals surface area contributed by atoms with Crippen molar-refractivity contribution in [3.63, 3.8) is 0 Å². The van der Waals surface area contributed by atoms with E-state index in [1.165, 1.54) is 37.7 Å². The van der Waals surface area contributed by atoms with E-state index in [2.05, 4.69) is 70.4 Å². The van der Waals surface area contributed by atoms with E-state index < -0.39 is 0 Å². The minimum absolute atomic E-state index is 0.0402. The summed E-state index contributed by atoms with van der Waals surface area (Å²) in [6.07, 6.45) is 6.92. The average Bonchev–Trinajstić information content (AvgIpc) is 3.27. The molecule has 0 radical (unpaired) electrons. The Morgan fingerprint density at radius 1 is 1.00 bits per heavy atom. The van der Waals surface area contributed by atoms with Gasteiger partial charge in [0, 0.05) is 32.2 Å². The Morgan fingerprint density at radius 3 is 2.29 bits per heavy atom. The van der Waals surface area contributed by atoms with Crippen LogP contribution in [0.2, 0.25) is 0 Å². The van der Waals surface area contributed by atoms with Gasteiger partial charge in [-0.3, -0.25) is 9.80 Å². The van der Waals surface area contributed by atoms with Crippen LogP contribution in [0.1, 0.15) is 77.2 Å². The smallest absolute Gasteiger partial charge is 0.173 e. The monoisotopic (exact) mass is 426 g/mol. The maximum absolute atomic E-state index is 5.67. The fourth-order valence-electron chi connectivity index (χ4n) is 5.09. The zero-order chi connectivity index (χ0) is 21.8. The first-order chi connectivity index (χ1) is 15.0. The number of piperazine rings is 1. The molecule has 0 unspecified atom stereocenters. The van der Waals surface area contributed by atoms with Gasteiger partial charge >= 0.3 is 0 Å². The van der Waals surface area contributed by atoms with E-state index >= 15 is 0 Å². The molecule has 2 aliphatic rings. The predicted molar refractivity (Wildman–Crippen MR) is 122 cm³/mol. The number of rotatable bonds is 6. The molecule has 4 rings (SSSR count). The lowest BCUT2D eigenvalue weighted by Crippen LogP contribution is -2.52. The van der Waals surface area contributed by atoms with Crippen molar-refractivity contribution in [2.45, 2.75) is 77.4 Å². The Balaban J connectivity index is 1.58. The van der Waals surface area contributed by atoms with Crippen LogP contribution in [0, 0.1) is 0 Å². The maximum Gasteiger partial charge on any atom is 0.173 e. The van der Waals surface area contributed by atoms with Crippen molar-refractivity contribution in [2.75, 3.05) is 32.8 Å². The first-order valence-electron chi connectivity index (χ1n) is 12.0. The lowest BCUT2D eigenvalue weighted by molar-refractivity contribution is 0.0609. The van der Waals surface area contributed by atoms with Gasteiger partial charge < -0.3 is 4.74 Å². The molecule has 1 aliphatic carbocycles. The second-order valence-corrected chi connectivity index (χ2v) is 9.89. The second-order valence-electron chi connectivity index (χ2n) is 9.89. The van der Waals surface area contributed by atoms with Gasteiger partial charge in [-0.25, -0.2) is 4.68 Å². The Hall–Kier alpha value is -1.99. The molecule has 0 bridgehead atoms. The molecule has 0 N–H and O–H groups in total. The molecule has 2 heterocycles. The highest BCUT2D eigenvalue weighted by Crippen LogP contribution is 2.32. The highest BCUT2D eigenvalue weighted by molar-refractivity contribution is 5.32. The van der Waals surface area contributed by atoms with Crippen LogP contribution in [0.25, 0.3) is 0 Å². The first kappa shape index (κ1) is 22.2.